The van der Waals surface area contributed by atoms with Crippen molar-refractivity contribution in [1.82, 2.24) is 15.3 Å². The molecule has 0 saturated heterocycles. The summed E-state index contributed by atoms with van der Waals surface area (Å²) in [5, 5.41) is 3.04. The third-order valence-electron chi connectivity index (χ3n) is 3.69. The van der Waals surface area contributed by atoms with Crippen molar-refractivity contribution in [1.29, 1.82) is 0 Å². The van der Waals surface area contributed by atoms with E-state index in [1.807, 2.05) is 55.5 Å². The maximum atomic E-state index is 12.8. The number of carbonyl (C=O) groups is 1. The number of ether oxygens (including phenoxy) is 1. The van der Waals surface area contributed by atoms with Gasteiger partial charge in [0.15, 0.2) is 0 Å². The molecular weight excluding hydrogens is 314 g/mol. The fourth-order valence-electron chi connectivity index (χ4n) is 2.54. The molecular formula is C20H19N3O2. The molecule has 1 unspecified atom stereocenters. The Labute approximate surface area is 146 Å². The minimum Gasteiger partial charge on any atom is -0.477 e. The quantitative estimate of drug-likeness (QED) is 0.751. The zero-order chi connectivity index (χ0) is 17.5. The lowest BCUT2D eigenvalue weighted by molar-refractivity contribution is 0.0937. The van der Waals surface area contributed by atoms with Crippen LogP contribution in [0.1, 0.15) is 34.6 Å². The molecule has 0 spiro atoms. The van der Waals surface area contributed by atoms with Crippen LogP contribution in [0.25, 0.3) is 0 Å². The Balaban J connectivity index is 1.92. The molecule has 0 radical (unpaired) electrons. The highest BCUT2D eigenvalue weighted by Gasteiger charge is 2.21. The highest BCUT2D eigenvalue weighted by Crippen LogP contribution is 2.22. The van der Waals surface area contributed by atoms with Crippen molar-refractivity contribution in [3.63, 3.8) is 0 Å². The van der Waals surface area contributed by atoms with Gasteiger partial charge in [-0.25, -0.2) is 4.98 Å². The van der Waals surface area contributed by atoms with E-state index in [1.165, 1.54) is 0 Å². The van der Waals surface area contributed by atoms with E-state index < -0.39 is 0 Å². The molecule has 25 heavy (non-hydrogen) atoms. The van der Waals surface area contributed by atoms with Gasteiger partial charge in [-0.2, -0.15) is 0 Å². The Hall–Kier alpha value is -3.21. The predicted molar refractivity (Wildman–Crippen MR) is 95.4 cm³/mol. The van der Waals surface area contributed by atoms with Gasteiger partial charge in [-0.05, 0) is 36.8 Å². The number of hydrogen-bond acceptors (Lipinski definition) is 4. The van der Waals surface area contributed by atoms with Crippen molar-refractivity contribution in [3.05, 3.63) is 89.9 Å². The van der Waals surface area contributed by atoms with E-state index in [0.717, 1.165) is 11.3 Å². The summed E-state index contributed by atoms with van der Waals surface area (Å²) in [7, 11) is 0. The molecule has 1 amide bonds. The van der Waals surface area contributed by atoms with Crippen molar-refractivity contribution >= 4 is 5.91 Å². The molecule has 0 fully saturated rings. The van der Waals surface area contributed by atoms with E-state index in [0.29, 0.717) is 18.1 Å². The van der Waals surface area contributed by atoms with Crippen LogP contribution in [0.15, 0.2) is 73.1 Å². The number of hydrogen-bond donors (Lipinski definition) is 1. The molecule has 1 atom stereocenters. The minimum absolute atomic E-state index is 0.254. The molecule has 126 valence electrons. The zero-order valence-corrected chi connectivity index (χ0v) is 13.9. The molecule has 1 aromatic carbocycles. The fraction of sp³-hybridized carbons (Fsp3) is 0.150. The number of rotatable bonds is 6. The first-order valence-corrected chi connectivity index (χ1v) is 8.14. The Morgan fingerprint density at radius 2 is 1.76 bits per heavy atom. The molecule has 3 rings (SSSR count). The number of aromatic nitrogens is 2. The van der Waals surface area contributed by atoms with Crippen molar-refractivity contribution in [2.45, 2.75) is 13.0 Å². The lowest BCUT2D eigenvalue weighted by atomic mass is 10.0. The molecule has 1 N–H and O–H groups in total. The summed E-state index contributed by atoms with van der Waals surface area (Å²) < 4.78 is 5.46. The van der Waals surface area contributed by atoms with Gasteiger partial charge in [-0.1, -0.05) is 36.4 Å². The van der Waals surface area contributed by atoms with Gasteiger partial charge in [-0.3, -0.25) is 9.78 Å². The van der Waals surface area contributed by atoms with Crippen LogP contribution in [0.4, 0.5) is 0 Å². The zero-order valence-electron chi connectivity index (χ0n) is 13.9. The second kappa shape index (κ2) is 8.06. The average Bonchev–Trinajstić information content (AvgIpc) is 2.68. The first-order valence-electron chi connectivity index (χ1n) is 8.14. The van der Waals surface area contributed by atoms with E-state index in [4.69, 9.17) is 4.74 Å². The minimum atomic E-state index is -0.357. The Morgan fingerprint density at radius 1 is 1.00 bits per heavy atom. The highest BCUT2D eigenvalue weighted by molar-refractivity contribution is 5.96. The van der Waals surface area contributed by atoms with E-state index >= 15 is 0 Å². The number of amides is 1. The molecule has 5 nitrogen and oxygen atoms in total. The molecule has 5 heteroatoms. The average molecular weight is 333 g/mol. The van der Waals surface area contributed by atoms with Gasteiger partial charge in [0.25, 0.3) is 5.91 Å². The van der Waals surface area contributed by atoms with Crippen LogP contribution in [0.5, 0.6) is 5.88 Å². The summed E-state index contributed by atoms with van der Waals surface area (Å²) in [5.41, 5.74) is 2.13. The van der Waals surface area contributed by atoms with Crippen molar-refractivity contribution in [2.24, 2.45) is 0 Å². The van der Waals surface area contributed by atoms with Crippen LogP contribution in [0.3, 0.4) is 0 Å². The van der Waals surface area contributed by atoms with Gasteiger partial charge in [0.2, 0.25) is 5.88 Å². The monoisotopic (exact) mass is 333 g/mol. The molecule has 0 bridgehead atoms. The topological polar surface area (TPSA) is 64.1 Å². The van der Waals surface area contributed by atoms with E-state index in [-0.39, 0.29) is 11.9 Å². The summed E-state index contributed by atoms with van der Waals surface area (Å²) in [4.78, 5) is 21.4. The highest BCUT2D eigenvalue weighted by atomic mass is 16.5. The number of carbonyl (C=O) groups excluding carboxylic acids is 1. The lowest BCUT2D eigenvalue weighted by Gasteiger charge is -2.19. The smallest absolute Gasteiger partial charge is 0.257 e. The maximum absolute atomic E-state index is 12.8. The summed E-state index contributed by atoms with van der Waals surface area (Å²) in [5.74, 6) is 0.0754. The second-order valence-electron chi connectivity index (χ2n) is 5.36. The molecule has 2 heterocycles. The Morgan fingerprint density at radius 3 is 2.48 bits per heavy atom. The standard InChI is InChI=1S/C20H19N3O2/c1-2-25-20-16(11-8-14-22-20)19(24)23-18(15-9-4-3-5-10-15)17-12-6-7-13-21-17/h3-14,18H,2H2,1H3,(H,23,24). The SMILES string of the molecule is CCOc1ncccc1C(=O)NC(c1ccccc1)c1ccccn1. The van der Waals surface area contributed by atoms with Gasteiger partial charge in [0.1, 0.15) is 5.56 Å². The number of nitrogens with zero attached hydrogens (tertiary/aromatic N) is 2. The molecule has 2 aromatic heterocycles. The summed E-state index contributed by atoms with van der Waals surface area (Å²) in [6.07, 6.45) is 3.32. The number of pyridine rings is 2. The van der Waals surface area contributed by atoms with E-state index in [2.05, 4.69) is 15.3 Å². The molecule has 0 aliphatic heterocycles. The predicted octanol–water partition coefficient (Wildman–Crippen LogP) is 3.39. The van der Waals surface area contributed by atoms with Crippen molar-refractivity contribution in [2.75, 3.05) is 6.61 Å². The fourth-order valence-corrected chi connectivity index (χ4v) is 2.54. The summed E-state index contributed by atoms with van der Waals surface area (Å²) in [6, 6.07) is 18.5. The third-order valence-corrected chi connectivity index (χ3v) is 3.69. The number of benzene rings is 1. The van der Waals surface area contributed by atoms with Gasteiger partial charge < -0.3 is 10.1 Å². The van der Waals surface area contributed by atoms with Crippen LogP contribution in [0, 0.1) is 0 Å². The maximum Gasteiger partial charge on any atom is 0.257 e. The van der Waals surface area contributed by atoms with Crippen LogP contribution in [-0.2, 0) is 0 Å². The van der Waals surface area contributed by atoms with E-state index in [9.17, 15) is 4.79 Å². The van der Waals surface area contributed by atoms with Crippen molar-refractivity contribution in [3.8, 4) is 5.88 Å². The van der Waals surface area contributed by atoms with E-state index in [1.54, 1.807) is 24.5 Å². The largest absolute Gasteiger partial charge is 0.477 e. The van der Waals surface area contributed by atoms with Crippen LogP contribution in [0.2, 0.25) is 0 Å². The van der Waals surface area contributed by atoms with Gasteiger partial charge >= 0.3 is 0 Å². The summed E-state index contributed by atoms with van der Waals surface area (Å²) in [6.45, 7) is 2.30. The molecule has 3 aromatic rings. The van der Waals surface area contributed by atoms with Gasteiger partial charge in [-0.15, -0.1) is 0 Å². The Bertz CT molecular complexity index is 783. The Kier molecular flexibility index (Phi) is 5.36. The second-order valence-corrected chi connectivity index (χ2v) is 5.36. The summed E-state index contributed by atoms with van der Waals surface area (Å²) >= 11 is 0. The third kappa shape index (κ3) is 4.01. The van der Waals surface area contributed by atoms with Gasteiger partial charge in [0, 0.05) is 12.4 Å². The molecule has 0 aliphatic rings. The van der Waals surface area contributed by atoms with Crippen LogP contribution < -0.4 is 10.1 Å². The molecule has 0 saturated carbocycles. The first-order chi connectivity index (χ1) is 12.3. The van der Waals surface area contributed by atoms with Crippen LogP contribution in [-0.4, -0.2) is 22.5 Å². The van der Waals surface area contributed by atoms with Crippen molar-refractivity contribution < 1.29 is 9.53 Å². The van der Waals surface area contributed by atoms with Gasteiger partial charge in [0.05, 0.1) is 18.3 Å². The first kappa shape index (κ1) is 16.6. The normalized spacial score (nSPS) is 11.6. The molecule has 0 aliphatic carbocycles. The van der Waals surface area contributed by atoms with Crippen LogP contribution >= 0.6 is 0 Å². The lowest BCUT2D eigenvalue weighted by Crippen LogP contribution is -2.30. The number of nitrogens with one attached hydrogen (secondary N) is 1.